The molecule has 0 aromatic heterocycles. The SMILES string of the molecule is Nc1cccc2c1=CCN=NC=2. The van der Waals surface area contributed by atoms with Crippen molar-refractivity contribution in [1.29, 1.82) is 0 Å². The van der Waals surface area contributed by atoms with Crippen molar-refractivity contribution in [2.24, 2.45) is 10.2 Å². The number of rotatable bonds is 0. The van der Waals surface area contributed by atoms with Crippen LogP contribution in [-0.2, 0) is 0 Å². The summed E-state index contributed by atoms with van der Waals surface area (Å²) in [5.74, 6) is 0. The minimum Gasteiger partial charge on any atom is -0.398 e. The Morgan fingerprint density at radius 3 is 3.17 bits per heavy atom. The van der Waals surface area contributed by atoms with E-state index in [-0.39, 0.29) is 0 Å². The maximum Gasteiger partial charge on any atom is 0.0793 e. The Kier molecular flexibility index (Phi) is 1.63. The van der Waals surface area contributed by atoms with E-state index in [4.69, 9.17) is 5.73 Å². The van der Waals surface area contributed by atoms with E-state index < -0.39 is 0 Å². The Balaban J connectivity index is 2.85. The Morgan fingerprint density at radius 2 is 2.25 bits per heavy atom. The summed E-state index contributed by atoms with van der Waals surface area (Å²) in [6, 6.07) is 5.78. The van der Waals surface area contributed by atoms with Gasteiger partial charge in [-0.25, -0.2) is 0 Å². The molecule has 0 saturated carbocycles. The second kappa shape index (κ2) is 2.77. The highest BCUT2D eigenvalue weighted by Crippen LogP contribution is 1.90. The number of benzene rings is 1. The summed E-state index contributed by atoms with van der Waals surface area (Å²) in [6.07, 6.45) is 3.72. The lowest BCUT2D eigenvalue weighted by molar-refractivity contribution is 1.13. The van der Waals surface area contributed by atoms with Gasteiger partial charge in [0.15, 0.2) is 0 Å². The van der Waals surface area contributed by atoms with Crippen LogP contribution in [0.25, 0.3) is 12.3 Å². The first-order valence-corrected chi connectivity index (χ1v) is 3.79. The van der Waals surface area contributed by atoms with Crippen molar-refractivity contribution in [3.8, 4) is 0 Å². The lowest BCUT2D eigenvalue weighted by atomic mass is 10.2. The van der Waals surface area contributed by atoms with E-state index >= 15 is 0 Å². The predicted octanol–water partition coefficient (Wildman–Crippen LogP) is 0.253. The topological polar surface area (TPSA) is 50.7 Å². The molecule has 1 aromatic carbocycles. The number of fused-ring (bicyclic) bond motifs is 1. The normalized spacial score (nSPS) is 14.0. The highest BCUT2D eigenvalue weighted by molar-refractivity contribution is 5.48. The Labute approximate surface area is 69.9 Å². The fraction of sp³-hybridized carbons (Fsp3) is 0.111. The molecule has 3 heteroatoms. The summed E-state index contributed by atoms with van der Waals surface area (Å²) in [6.45, 7) is 0.609. The van der Waals surface area contributed by atoms with Crippen molar-refractivity contribution in [1.82, 2.24) is 0 Å². The first-order chi connectivity index (χ1) is 5.88. The summed E-state index contributed by atoms with van der Waals surface area (Å²) in [5.41, 5.74) is 6.56. The summed E-state index contributed by atoms with van der Waals surface area (Å²) in [7, 11) is 0. The van der Waals surface area contributed by atoms with Crippen LogP contribution in [0, 0.1) is 0 Å². The number of nitrogens with two attached hydrogens (primary N) is 1. The van der Waals surface area contributed by atoms with Gasteiger partial charge in [0.25, 0.3) is 0 Å². The quantitative estimate of drug-likeness (QED) is 0.542. The van der Waals surface area contributed by atoms with Crippen LogP contribution in [0.1, 0.15) is 0 Å². The van der Waals surface area contributed by atoms with E-state index in [9.17, 15) is 0 Å². The van der Waals surface area contributed by atoms with Crippen LogP contribution in [0.3, 0.4) is 0 Å². The molecule has 2 N–H and O–H groups in total. The molecule has 60 valence electrons. The lowest BCUT2D eigenvalue weighted by Crippen LogP contribution is -2.26. The summed E-state index contributed by atoms with van der Waals surface area (Å²) >= 11 is 0. The maximum absolute atomic E-state index is 5.78. The van der Waals surface area contributed by atoms with Crippen LogP contribution in [0.5, 0.6) is 0 Å². The minimum absolute atomic E-state index is 0.609. The van der Waals surface area contributed by atoms with Gasteiger partial charge in [-0.2, -0.15) is 10.2 Å². The van der Waals surface area contributed by atoms with Gasteiger partial charge in [-0.15, -0.1) is 0 Å². The highest BCUT2D eigenvalue weighted by atomic mass is 15.1. The molecular weight excluding hydrogens is 150 g/mol. The number of azo groups is 1. The molecule has 0 aliphatic carbocycles. The van der Waals surface area contributed by atoms with Crippen molar-refractivity contribution < 1.29 is 0 Å². The zero-order chi connectivity index (χ0) is 8.39. The molecule has 0 atom stereocenters. The van der Waals surface area contributed by atoms with E-state index in [1.807, 2.05) is 24.3 Å². The first kappa shape index (κ1) is 7.03. The maximum atomic E-state index is 5.78. The molecule has 0 radical (unpaired) electrons. The molecule has 3 nitrogen and oxygen atoms in total. The van der Waals surface area contributed by atoms with E-state index in [0.717, 1.165) is 16.1 Å². The van der Waals surface area contributed by atoms with Crippen LogP contribution in [0.15, 0.2) is 28.4 Å². The van der Waals surface area contributed by atoms with Gasteiger partial charge in [-0.05, 0) is 6.07 Å². The molecule has 1 aliphatic heterocycles. The smallest absolute Gasteiger partial charge is 0.0793 e. The van der Waals surface area contributed by atoms with Crippen molar-refractivity contribution in [3.63, 3.8) is 0 Å². The number of nitrogen functional groups attached to an aromatic ring is 1. The fourth-order valence-corrected chi connectivity index (χ4v) is 1.23. The zero-order valence-electron chi connectivity index (χ0n) is 6.57. The molecule has 12 heavy (non-hydrogen) atoms. The third-order valence-electron chi connectivity index (χ3n) is 1.83. The van der Waals surface area contributed by atoms with Crippen LogP contribution < -0.4 is 16.2 Å². The van der Waals surface area contributed by atoms with Gasteiger partial charge in [0, 0.05) is 16.1 Å². The molecule has 0 fully saturated rings. The second-order valence-electron chi connectivity index (χ2n) is 2.62. The average molecular weight is 159 g/mol. The third-order valence-corrected chi connectivity index (χ3v) is 1.83. The molecule has 2 rings (SSSR count). The van der Waals surface area contributed by atoms with Gasteiger partial charge < -0.3 is 5.73 Å². The number of nitrogens with zero attached hydrogens (tertiary/aromatic N) is 2. The highest BCUT2D eigenvalue weighted by Gasteiger charge is 1.92. The molecule has 1 aromatic rings. The Bertz CT molecular complexity index is 432. The summed E-state index contributed by atoms with van der Waals surface area (Å²) in [4.78, 5) is 0. The van der Waals surface area contributed by atoms with E-state index in [0.29, 0.717) is 6.54 Å². The molecule has 0 bridgehead atoms. The van der Waals surface area contributed by atoms with Gasteiger partial charge in [-0.3, -0.25) is 0 Å². The van der Waals surface area contributed by atoms with Gasteiger partial charge in [0.1, 0.15) is 0 Å². The van der Waals surface area contributed by atoms with Crippen molar-refractivity contribution in [2.75, 3.05) is 12.3 Å². The lowest BCUT2D eigenvalue weighted by Gasteiger charge is -1.93. The molecule has 1 aliphatic rings. The molecule has 0 spiro atoms. The number of hydrogen-bond acceptors (Lipinski definition) is 3. The van der Waals surface area contributed by atoms with Gasteiger partial charge >= 0.3 is 0 Å². The zero-order valence-corrected chi connectivity index (χ0v) is 6.57. The number of hydrogen-bond donors (Lipinski definition) is 1. The van der Waals surface area contributed by atoms with Crippen LogP contribution in [0.4, 0.5) is 5.69 Å². The van der Waals surface area contributed by atoms with E-state index in [1.165, 1.54) is 0 Å². The average Bonchev–Trinajstić information content (AvgIpc) is 2.30. The van der Waals surface area contributed by atoms with E-state index in [2.05, 4.69) is 10.2 Å². The second-order valence-corrected chi connectivity index (χ2v) is 2.62. The summed E-state index contributed by atoms with van der Waals surface area (Å²) < 4.78 is 0. The standard InChI is InChI=1S/C9H9N3/c10-9-3-1-2-7-6-12-11-5-4-8(7)9/h1-4,6H,5,10H2. The minimum atomic E-state index is 0.609. The van der Waals surface area contributed by atoms with Crippen LogP contribution in [0.2, 0.25) is 0 Å². The molecule has 1 heterocycles. The van der Waals surface area contributed by atoms with Crippen LogP contribution in [-0.4, -0.2) is 6.54 Å². The Hall–Kier alpha value is -1.64. The van der Waals surface area contributed by atoms with E-state index in [1.54, 1.807) is 6.20 Å². The summed E-state index contributed by atoms with van der Waals surface area (Å²) in [5, 5.41) is 9.83. The molecule has 0 saturated heterocycles. The number of anilines is 1. The van der Waals surface area contributed by atoms with Gasteiger partial charge in [0.2, 0.25) is 0 Å². The monoisotopic (exact) mass is 159 g/mol. The molecular formula is C9H9N3. The molecule has 0 unspecified atom stereocenters. The van der Waals surface area contributed by atoms with Crippen molar-refractivity contribution >= 4 is 18.0 Å². The fourth-order valence-electron chi connectivity index (χ4n) is 1.23. The van der Waals surface area contributed by atoms with Gasteiger partial charge in [0.05, 0.1) is 12.7 Å². The first-order valence-electron chi connectivity index (χ1n) is 3.79. The van der Waals surface area contributed by atoms with Gasteiger partial charge in [-0.1, -0.05) is 18.2 Å². The molecule has 0 amide bonds. The van der Waals surface area contributed by atoms with Crippen molar-refractivity contribution in [3.05, 3.63) is 28.6 Å². The van der Waals surface area contributed by atoms with Crippen LogP contribution >= 0.6 is 0 Å². The third kappa shape index (κ3) is 1.09. The Morgan fingerprint density at radius 1 is 1.33 bits per heavy atom. The van der Waals surface area contributed by atoms with Crippen molar-refractivity contribution in [2.45, 2.75) is 0 Å². The largest absolute Gasteiger partial charge is 0.398 e. The predicted molar refractivity (Wildman–Crippen MR) is 48.8 cm³/mol.